The van der Waals surface area contributed by atoms with Crippen LogP contribution in [0.15, 0.2) is 71.2 Å². The van der Waals surface area contributed by atoms with Crippen LogP contribution in [0, 0.1) is 10.1 Å². The Bertz CT molecular complexity index is 1110. The van der Waals surface area contributed by atoms with Crippen LogP contribution in [0.4, 0.5) is 11.4 Å². The van der Waals surface area contributed by atoms with E-state index in [9.17, 15) is 14.9 Å². The number of nitrogens with zero attached hydrogens (tertiary/aromatic N) is 1. The standard InChI is InChI=1S/C20H14BrN3O3S/c21-17-12-15(24(26)27)9-10-18(17)22-20(28)23-19(25)11-8-14-6-3-5-13-4-1-2-7-16(13)14/h1-12H,(H2,22,23,25,28)/b11-8+. The fraction of sp³-hybridized carbons (Fsp3) is 0. The summed E-state index contributed by atoms with van der Waals surface area (Å²) in [4.78, 5) is 22.4. The molecule has 8 heteroatoms. The van der Waals surface area contributed by atoms with Crippen LogP contribution in [0.25, 0.3) is 16.8 Å². The second-order valence-corrected chi connectivity index (χ2v) is 7.03. The molecule has 140 valence electrons. The molecule has 3 aromatic rings. The first-order valence-corrected chi connectivity index (χ1v) is 9.36. The first kappa shape index (κ1) is 19.7. The molecule has 6 nitrogen and oxygen atoms in total. The molecule has 1 amide bonds. The maximum absolute atomic E-state index is 12.2. The third-order valence-corrected chi connectivity index (χ3v) is 4.75. The summed E-state index contributed by atoms with van der Waals surface area (Å²) in [6, 6.07) is 18.0. The molecule has 0 bridgehead atoms. The van der Waals surface area contributed by atoms with Gasteiger partial charge in [0.15, 0.2) is 5.11 Å². The molecule has 0 heterocycles. The van der Waals surface area contributed by atoms with Crippen molar-refractivity contribution in [2.75, 3.05) is 5.32 Å². The molecular formula is C20H14BrN3O3S. The minimum Gasteiger partial charge on any atom is -0.331 e. The van der Waals surface area contributed by atoms with Gasteiger partial charge in [0.05, 0.1) is 10.6 Å². The van der Waals surface area contributed by atoms with Crippen LogP contribution < -0.4 is 10.6 Å². The van der Waals surface area contributed by atoms with Crippen LogP contribution >= 0.6 is 28.1 Å². The van der Waals surface area contributed by atoms with Gasteiger partial charge in [0.1, 0.15) is 0 Å². The maximum Gasteiger partial charge on any atom is 0.270 e. The van der Waals surface area contributed by atoms with Crippen LogP contribution in [-0.2, 0) is 4.79 Å². The van der Waals surface area contributed by atoms with Crippen molar-refractivity contribution < 1.29 is 9.72 Å². The second kappa shape index (κ2) is 8.73. The van der Waals surface area contributed by atoms with Gasteiger partial charge < -0.3 is 5.32 Å². The number of fused-ring (bicyclic) bond motifs is 1. The Morgan fingerprint density at radius 3 is 2.61 bits per heavy atom. The van der Waals surface area contributed by atoms with Crippen LogP contribution in [0.1, 0.15) is 5.56 Å². The Morgan fingerprint density at radius 1 is 1.11 bits per heavy atom. The summed E-state index contributed by atoms with van der Waals surface area (Å²) < 4.78 is 0.463. The Hall–Kier alpha value is -3.10. The number of benzene rings is 3. The predicted octanol–water partition coefficient (Wildman–Crippen LogP) is 5.04. The normalized spacial score (nSPS) is 10.8. The Balaban J connectivity index is 1.65. The predicted molar refractivity (Wildman–Crippen MR) is 118 cm³/mol. The highest BCUT2D eigenvalue weighted by Crippen LogP contribution is 2.27. The van der Waals surface area contributed by atoms with Crippen molar-refractivity contribution in [3.8, 4) is 0 Å². The summed E-state index contributed by atoms with van der Waals surface area (Å²) in [6.45, 7) is 0. The molecule has 0 radical (unpaired) electrons. The number of carbonyl (C=O) groups excluding carboxylic acids is 1. The number of thiocarbonyl (C=S) groups is 1. The average Bonchev–Trinajstić information content (AvgIpc) is 2.67. The molecular weight excluding hydrogens is 442 g/mol. The van der Waals surface area contributed by atoms with Crippen LogP contribution in [-0.4, -0.2) is 15.9 Å². The lowest BCUT2D eigenvalue weighted by Crippen LogP contribution is -2.32. The second-order valence-electron chi connectivity index (χ2n) is 5.77. The van der Waals surface area contributed by atoms with Crippen molar-refractivity contribution >= 4 is 67.4 Å². The lowest BCUT2D eigenvalue weighted by Gasteiger charge is -2.09. The highest BCUT2D eigenvalue weighted by atomic mass is 79.9. The molecule has 0 aromatic heterocycles. The summed E-state index contributed by atoms with van der Waals surface area (Å²) in [5, 5.41) is 18.4. The first-order chi connectivity index (χ1) is 13.4. The van der Waals surface area contributed by atoms with Crippen molar-refractivity contribution in [2.24, 2.45) is 0 Å². The number of anilines is 1. The third-order valence-electron chi connectivity index (χ3n) is 3.89. The summed E-state index contributed by atoms with van der Waals surface area (Å²) in [5.74, 6) is -0.386. The number of non-ortho nitro benzene ring substituents is 1. The topological polar surface area (TPSA) is 84.3 Å². The van der Waals surface area contributed by atoms with Gasteiger partial charge in [0, 0.05) is 22.7 Å². The van der Waals surface area contributed by atoms with Crippen molar-refractivity contribution in [3.63, 3.8) is 0 Å². The molecule has 0 aliphatic rings. The van der Waals surface area contributed by atoms with E-state index in [-0.39, 0.29) is 16.7 Å². The average molecular weight is 456 g/mol. The smallest absolute Gasteiger partial charge is 0.270 e. The zero-order valence-electron chi connectivity index (χ0n) is 14.4. The fourth-order valence-corrected chi connectivity index (χ4v) is 3.26. The van der Waals surface area contributed by atoms with E-state index < -0.39 is 4.92 Å². The largest absolute Gasteiger partial charge is 0.331 e. The van der Waals surface area contributed by atoms with Gasteiger partial charge in [-0.3, -0.25) is 20.2 Å². The lowest BCUT2D eigenvalue weighted by atomic mass is 10.0. The van der Waals surface area contributed by atoms with Gasteiger partial charge in [-0.1, -0.05) is 42.5 Å². The number of hydrogen-bond donors (Lipinski definition) is 2. The Labute approximate surface area is 174 Å². The maximum atomic E-state index is 12.2. The van der Waals surface area contributed by atoms with E-state index in [4.69, 9.17) is 12.2 Å². The van der Waals surface area contributed by atoms with E-state index in [0.29, 0.717) is 10.2 Å². The van der Waals surface area contributed by atoms with Gasteiger partial charge in [-0.05, 0) is 56.6 Å². The van der Waals surface area contributed by atoms with Crippen LogP contribution in [0.5, 0.6) is 0 Å². The molecule has 0 aliphatic heterocycles. The monoisotopic (exact) mass is 455 g/mol. The molecule has 0 spiro atoms. The Kier molecular flexibility index (Phi) is 6.13. The van der Waals surface area contributed by atoms with Crippen LogP contribution in [0.2, 0.25) is 0 Å². The van der Waals surface area contributed by atoms with Gasteiger partial charge >= 0.3 is 0 Å². The summed E-state index contributed by atoms with van der Waals surface area (Å²) >= 11 is 8.37. The number of rotatable bonds is 4. The van der Waals surface area contributed by atoms with E-state index in [1.165, 1.54) is 24.3 Å². The molecule has 2 N–H and O–H groups in total. The zero-order chi connectivity index (χ0) is 20.1. The highest BCUT2D eigenvalue weighted by Gasteiger charge is 2.10. The van der Waals surface area contributed by atoms with Gasteiger partial charge in [-0.2, -0.15) is 0 Å². The minimum atomic E-state index is -0.493. The molecule has 28 heavy (non-hydrogen) atoms. The molecule has 3 aromatic carbocycles. The summed E-state index contributed by atoms with van der Waals surface area (Å²) in [7, 11) is 0. The molecule has 0 atom stereocenters. The lowest BCUT2D eigenvalue weighted by molar-refractivity contribution is -0.384. The van der Waals surface area contributed by atoms with Crippen molar-refractivity contribution in [1.29, 1.82) is 0 Å². The van der Waals surface area contributed by atoms with E-state index in [0.717, 1.165) is 16.3 Å². The SMILES string of the molecule is O=C(/C=C/c1cccc2ccccc12)NC(=S)Nc1ccc([N+](=O)[O-])cc1Br. The molecule has 0 saturated heterocycles. The van der Waals surface area contributed by atoms with E-state index in [1.54, 1.807) is 6.08 Å². The minimum absolute atomic E-state index is 0.0506. The van der Waals surface area contributed by atoms with Crippen molar-refractivity contribution in [2.45, 2.75) is 0 Å². The number of nitro groups is 1. The van der Waals surface area contributed by atoms with Gasteiger partial charge in [0.2, 0.25) is 5.91 Å². The highest BCUT2D eigenvalue weighted by molar-refractivity contribution is 9.10. The third kappa shape index (κ3) is 4.79. The number of nitro benzene ring substituents is 1. The van der Waals surface area contributed by atoms with E-state index >= 15 is 0 Å². The molecule has 3 rings (SSSR count). The fourth-order valence-electron chi connectivity index (χ4n) is 2.59. The van der Waals surface area contributed by atoms with Crippen LogP contribution in [0.3, 0.4) is 0 Å². The number of halogens is 1. The van der Waals surface area contributed by atoms with Crippen molar-refractivity contribution in [3.05, 3.63) is 86.9 Å². The molecule has 0 saturated carbocycles. The van der Waals surface area contributed by atoms with E-state index in [2.05, 4.69) is 26.6 Å². The molecule has 0 fully saturated rings. The van der Waals surface area contributed by atoms with Gasteiger partial charge in [-0.15, -0.1) is 0 Å². The summed E-state index contributed by atoms with van der Waals surface area (Å²) in [6.07, 6.45) is 3.13. The molecule has 0 unspecified atom stereocenters. The van der Waals surface area contributed by atoms with Gasteiger partial charge in [-0.25, -0.2) is 0 Å². The van der Waals surface area contributed by atoms with Crippen molar-refractivity contribution in [1.82, 2.24) is 5.32 Å². The number of carbonyl (C=O) groups is 1. The summed E-state index contributed by atoms with van der Waals surface area (Å²) in [5.41, 5.74) is 1.38. The van der Waals surface area contributed by atoms with E-state index in [1.807, 2.05) is 42.5 Å². The molecule has 0 aliphatic carbocycles. The Morgan fingerprint density at radius 2 is 1.86 bits per heavy atom. The zero-order valence-corrected chi connectivity index (χ0v) is 16.8. The number of amides is 1. The number of nitrogens with one attached hydrogen (secondary N) is 2. The quantitative estimate of drug-likeness (QED) is 0.249. The first-order valence-electron chi connectivity index (χ1n) is 8.16. The number of hydrogen-bond acceptors (Lipinski definition) is 4. The van der Waals surface area contributed by atoms with Gasteiger partial charge in [0.25, 0.3) is 5.69 Å².